The summed E-state index contributed by atoms with van der Waals surface area (Å²) in [5.74, 6) is 0. The number of hydrogen-bond acceptors (Lipinski definition) is 8. The molecule has 0 radical (unpaired) electrons. The lowest BCUT2D eigenvalue weighted by Crippen LogP contribution is -2.30. The van der Waals surface area contributed by atoms with Crippen LogP contribution >= 0.6 is 11.3 Å². The second-order valence-electron chi connectivity index (χ2n) is 7.00. The van der Waals surface area contributed by atoms with E-state index in [0.29, 0.717) is 22.7 Å². The summed E-state index contributed by atoms with van der Waals surface area (Å²) in [6, 6.07) is 4.54. The number of hydrogen-bond donors (Lipinski definition) is 2. The number of epoxide rings is 1. The van der Waals surface area contributed by atoms with Crippen molar-refractivity contribution in [3.8, 4) is 0 Å². The van der Waals surface area contributed by atoms with E-state index in [1.165, 1.54) is 23.5 Å². The number of aromatic nitrogens is 2. The minimum absolute atomic E-state index is 0.240. The first kappa shape index (κ1) is 21.0. The minimum Gasteiger partial charge on any atom is -0.397 e. The second kappa shape index (κ2) is 6.87. The van der Waals surface area contributed by atoms with Gasteiger partial charge in [-0.2, -0.15) is 18.3 Å². The monoisotopic (exact) mass is 458 g/mol. The van der Waals surface area contributed by atoms with Gasteiger partial charge in [-0.1, -0.05) is 12.1 Å². The number of alkyl halides is 3. The highest BCUT2D eigenvalue weighted by molar-refractivity contribution is 7.92. The quantitative estimate of drug-likeness (QED) is 0.565. The Balaban J connectivity index is 1.56. The summed E-state index contributed by atoms with van der Waals surface area (Å²) in [4.78, 5) is 0.662. The van der Waals surface area contributed by atoms with Crippen molar-refractivity contribution in [3.05, 3.63) is 46.0 Å². The van der Waals surface area contributed by atoms with Crippen LogP contribution in [0.2, 0.25) is 0 Å². The lowest BCUT2D eigenvalue weighted by atomic mass is 10.1. The average molecular weight is 458 g/mol. The summed E-state index contributed by atoms with van der Waals surface area (Å²) in [6.45, 7) is 4.38. The molecule has 1 fully saturated rings. The van der Waals surface area contributed by atoms with Crippen molar-refractivity contribution in [2.45, 2.75) is 36.5 Å². The molecule has 0 bridgehead atoms. The van der Waals surface area contributed by atoms with E-state index in [0.717, 1.165) is 33.7 Å². The van der Waals surface area contributed by atoms with E-state index in [2.05, 4.69) is 15.5 Å². The maximum absolute atomic E-state index is 12.7. The highest BCUT2D eigenvalue weighted by atomic mass is 32.2. The van der Waals surface area contributed by atoms with Gasteiger partial charge in [0.15, 0.2) is 5.72 Å². The number of nitrogens with one attached hydrogen (secondary N) is 1. The van der Waals surface area contributed by atoms with E-state index in [4.69, 9.17) is 10.5 Å². The van der Waals surface area contributed by atoms with Gasteiger partial charge in [0.25, 0.3) is 9.84 Å². The Labute approximate surface area is 174 Å². The van der Waals surface area contributed by atoms with E-state index in [1.807, 2.05) is 13.8 Å². The van der Waals surface area contributed by atoms with Gasteiger partial charge in [0.2, 0.25) is 0 Å². The molecule has 7 nitrogen and oxygen atoms in total. The molecule has 0 spiro atoms. The number of thiophene rings is 1. The molecule has 0 saturated carbocycles. The maximum Gasteiger partial charge on any atom is 0.501 e. The van der Waals surface area contributed by atoms with Gasteiger partial charge in [-0.15, -0.1) is 16.4 Å². The first-order chi connectivity index (χ1) is 14.0. The Kier molecular flexibility index (Phi) is 4.80. The zero-order chi connectivity index (χ0) is 21.9. The van der Waals surface area contributed by atoms with Crippen LogP contribution in [0.1, 0.15) is 21.7 Å². The number of fused-ring (bicyclic) bond motifs is 1. The van der Waals surface area contributed by atoms with Gasteiger partial charge in [-0.3, -0.25) is 5.32 Å². The average Bonchev–Trinajstić information content (AvgIpc) is 3.39. The lowest BCUT2D eigenvalue weighted by Gasteiger charge is -2.14. The van der Waals surface area contributed by atoms with Crippen molar-refractivity contribution in [1.29, 1.82) is 0 Å². The van der Waals surface area contributed by atoms with Gasteiger partial charge in [0.05, 0.1) is 27.8 Å². The van der Waals surface area contributed by atoms with Gasteiger partial charge < -0.3 is 10.5 Å². The zero-order valence-electron chi connectivity index (χ0n) is 15.9. The Morgan fingerprint density at radius 3 is 2.43 bits per heavy atom. The van der Waals surface area contributed by atoms with Gasteiger partial charge in [-0.05, 0) is 37.1 Å². The van der Waals surface area contributed by atoms with Crippen LogP contribution in [-0.4, -0.2) is 30.7 Å². The Bertz CT molecular complexity index is 1230. The van der Waals surface area contributed by atoms with Gasteiger partial charge in [0.1, 0.15) is 4.83 Å². The molecular formula is C18H17F3N4O3S2. The van der Waals surface area contributed by atoms with E-state index in [9.17, 15) is 21.6 Å². The second-order valence-corrected chi connectivity index (χ2v) is 9.94. The molecule has 1 unspecified atom stereocenters. The molecule has 160 valence electrons. The predicted octanol–water partition coefficient (Wildman–Crippen LogP) is 3.16. The molecule has 12 heteroatoms. The van der Waals surface area contributed by atoms with Crippen LogP contribution < -0.4 is 11.1 Å². The molecule has 3 heterocycles. The molecule has 1 atom stereocenters. The first-order valence-corrected chi connectivity index (χ1v) is 11.1. The van der Waals surface area contributed by atoms with Crippen LogP contribution in [-0.2, 0) is 26.8 Å². The largest absolute Gasteiger partial charge is 0.501 e. The molecular weight excluding hydrogens is 441 g/mol. The van der Waals surface area contributed by atoms with Gasteiger partial charge in [-0.25, -0.2) is 8.42 Å². The number of aryl methyl sites for hydroxylation is 2. The molecule has 0 aliphatic carbocycles. The van der Waals surface area contributed by atoms with Crippen molar-refractivity contribution in [3.63, 3.8) is 0 Å². The van der Waals surface area contributed by atoms with Crippen LogP contribution in [0.5, 0.6) is 0 Å². The fourth-order valence-electron chi connectivity index (χ4n) is 3.09. The topological polar surface area (TPSA) is 110 Å². The van der Waals surface area contributed by atoms with Crippen molar-refractivity contribution >= 4 is 37.1 Å². The maximum atomic E-state index is 12.7. The molecule has 2 aromatic heterocycles. The highest BCUT2D eigenvalue weighted by Crippen LogP contribution is 2.47. The third-order valence-corrected chi connectivity index (χ3v) is 7.79. The number of halogens is 3. The Morgan fingerprint density at radius 1 is 1.23 bits per heavy atom. The third kappa shape index (κ3) is 3.33. The molecule has 0 amide bonds. The number of rotatable bonds is 5. The molecule has 1 aromatic carbocycles. The van der Waals surface area contributed by atoms with E-state index in [1.54, 1.807) is 0 Å². The van der Waals surface area contributed by atoms with Crippen LogP contribution in [0.4, 0.5) is 18.9 Å². The van der Waals surface area contributed by atoms with Crippen LogP contribution in [0, 0.1) is 13.8 Å². The first-order valence-electron chi connectivity index (χ1n) is 8.78. The van der Waals surface area contributed by atoms with Gasteiger partial charge in [0, 0.05) is 11.9 Å². The fraction of sp³-hybridized carbons (Fsp3) is 0.333. The summed E-state index contributed by atoms with van der Waals surface area (Å²) in [5.41, 5.74) is 3.09. The van der Waals surface area contributed by atoms with Crippen LogP contribution in [0.25, 0.3) is 10.2 Å². The Hall–Kier alpha value is -2.28. The van der Waals surface area contributed by atoms with Crippen molar-refractivity contribution < 1.29 is 26.3 Å². The number of anilines is 1. The summed E-state index contributed by atoms with van der Waals surface area (Å²) < 4.78 is 66.6. The van der Waals surface area contributed by atoms with Crippen LogP contribution in [0.3, 0.4) is 0 Å². The standard InChI is InChI=1S/C18H17F3N4O3S2/c1-9-10(2)24-25-16-13(9)14(22)15(29-16)17(8-28-17)23-7-11-3-5-12(6-4-11)30(26,27)18(19,20)21/h3-6,23H,7-8,22H2,1-2H3. The van der Waals surface area contributed by atoms with Gasteiger partial charge >= 0.3 is 5.51 Å². The summed E-state index contributed by atoms with van der Waals surface area (Å²) in [6.07, 6.45) is 0. The third-order valence-electron chi connectivity index (χ3n) is 5.05. The summed E-state index contributed by atoms with van der Waals surface area (Å²) >= 11 is 1.37. The van der Waals surface area contributed by atoms with Crippen molar-refractivity contribution in [1.82, 2.24) is 15.5 Å². The number of nitrogens with two attached hydrogens (primary N) is 1. The molecule has 1 aliphatic rings. The number of nitrogens with zero attached hydrogens (tertiary/aromatic N) is 2. The number of benzene rings is 1. The van der Waals surface area contributed by atoms with Crippen LogP contribution in [0.15, 0.2) is 29.2 Å². The van der Waals surface area contributed by atoms with E-state index in [-0.39, 0.29) is 6.54 Å². The van der Waals surface area contributed by atoms with Crippen molar-refractivity contribution in [2.24, 2.45) is 0 Å². The number of ether oxygens (including phenoxy) is 1. The van der Waals surface area contributed by atoms with E-state index < -0.39 is 26.0 Å². The highest BCUT2D eigenvalue weighted by Gasteiger charge is 2.50. The fourth-order valence-corrected chi connectivity index (χ4v) is 5.06. The molecule has 3 aromatic rings. The summed E-state index contributed by atoms with van der Waals surface area (Å²) in [7, 11) is -5.37. The predicted molar refractivity (Wildman–Crippen MR) is 105 cm³/mol. The zero-order valence-corrected chi connectivity index (χ0v) is 17.5. The molecule has 1 saturated heterocycles. The molecule has 3 N–H and O–H groups in total. The Morgan fingerprint density at radius 2 is 1.87 bits per heavy atom. The molecule has 4 rings (SSSR count). The minimum atomic E-state index is -5.37. The SMILES string of the molecule is Cc1nnc2sc(C3(NCc4ccc(S(=O)(=O)C(F)(F)F)cc4)CO3)c(N)c2c1C. The molecule has 30 heavy (non-hydrogen) atoms. The number of sulfone groups is 1. The normalized spacial score (nSPS) is 19.4. The molecule has 1 aliphatic heterocycles. The van der Waals surface area contributed by atoms with Crippen molar-refractivity contribution in [2.75, 3.05) is 12.3 Å². The lowest BCUT2D eigenvalue weighted by molar-refractivity contribution is -0.0436. The number of nitrogen functional groups attached to an aromatic ring is 1. The summed E-state index contributed by atoms with van der Waals surface area (Å²) in [5, 5.41) is 12.4. The van der Waals surface area contributed by atoms with E-state index >= 15 is 0 Å². The smallest absolute Gasteiger partial charge is 0.397 e.